The van der Waals surface area contributed by atoms with E-state index in [-0.39, 0.29) is 23.2 Å². The van der Waals surface area contributed by atoms with Crippen LogP contribution < -0.4 is 16.2 Å². The highest BCUT2D eigenvalue weighted by atomic mass is 32.1. The zero-order valence-electron chi connectivity index (χ0n) is 16.4. The molecule has 0 aliphatic heterocycles. The monoisotopic (exact) mass is 444 g/mol. The number of anilines is 3. The lowest BCUT2D eigenvalue weighted by Gasteiger charge is -2.07. The first-order chi connectivity index (χ1) is 15.5. The number of aromatic amines is 2. The van der Waals surface area contributed by atoms with Crippen molar-refractivity contribution in [3.8, 4) is 17.0 Å². The number of aromatic hydroxyl groups is 1. The predicted molar refractivity (Wildman–Crippen MR) is 124 cm³/mol. The third-order valence-corrected chi connectivity index (χ3v) is 5.47. The summed E-state index contributed by atoms with van der Waals surface area (Å²) in [4.78, 5) is 39.6. The molecule has 0 aliphatic carbocycles. The van der Waals surface area contributed by atoms with Crippen LogP contribution in [0.1, 0.15) is 9.67 Å². The molecular weight excluding hydrogens is 428 g/mol. The molecule has 0 bridgehead atoms. The lowest BCUT2D eigenvalue weighted by molar-refractivity contribution is 0.103. The zero-order valence-corrected chi connectivity index (χ0v) is 17.2. The molecule has 1 amide bonds. The smallest absolute Gasteiger partial charge is 0.268 e. The van der Waals surface area contributed by atoms with Crippen LogP contribution >= 0.6 is 11.3 Å². The van der Waals surface area contributed by atoms with Gasteiger partial charge in [-0.1, -0.05) is 18.2 Å². The maximum atomic E-state index is 12.3. The molecular formula is C22H16N6O3S. The van der Waals surface area contributed by atoms with Gasteiger partial charge in [0.05, 0.1) is 21.6 Å². The summed E-state index contributed by atoms with van der Waals surface area (Å²) in [6.07, 6.45) is 0. The number of nitrogens with one attached hydrogen (secondary N) is 4. The number of phenolic OH excluding ortho intramolecular Hbond substituents is 1. The molecule has 3 aromatic heterocycles. The third-order valence-electron chi connectivity index (χ3n) is 4.61. The third kappa shape index (κ3) is 4.07. The first kappa shape index (κ1) is 19.5. The van der Waals surface area contributed by atoms with E-state index in [9.17, 15) is 14.7 Å². The summed E-state index contributed by atoms with van der Waals surface area (Å²) in [5, 5.41) is 17.2. The Morgan fingerprint density at radius 3 is 2.69 bits per heavy atom. The second-order valence-corrected chi connectivity index (χ2v) is 7.85. The Morgan fingerprint density at radius 2 is 1.88 bits per heavy atom. The fourth-order valence-electron chi connectivity index (χ4n) is 3.19. The van der Waals surface area contributed by atoms with Crippen LogP contribution in [0, 0.1) is 0 Å². The van der Waals surface area contributed by atoms with Crippen molar-refractivity contribution in [1.82, 2.24) is 19.9 Å². The van der Waals surface area contributed by atoms with Gasteiger partial charge in [-0.25, -0.2) is 9.97 Å². The number of nitrogens with zero attached hydrogens (tertiary/aromatic N) is 2. The topological polar surface area (TPSA) is 136 Å². The zero-order chi connectivity index (χ0) is 22.1. The highest BCUT2D eigenvalue weighted by Crippen LogP contribution is 2.24. The van der Waals surface area contributed by atoms with E-state index < -0.39 is 0 Å². The number of phenols is 1. The Morgan fingerprint density at radius 1 is 0.969 bits per heavy atom. The summed E-state index contributed by atoms with van der Waals surface area (Å²) in [7, 11) is 0. The van der Waals surface area contributed by atoms with E-state index in [0.717, 1.165) is 0 Å². The van der Waals surface area contributed by atoms with Gasteiger partial charge in [-0.3, -0.25) is 19.9 Å². The van der Waals surface area contributed by atoms with Crippen LogP contribution in [-0.4, -0.2) is 30.9 Å². The molecule has 0 atom stereocenters. The first-order valence-corrected chi connectivity index (χ1v) is 10.4. The van der Waals surface area contributed by atoms with Gasteiger partial charge in [-0.15, -0.1) is 11.3 Å². The Hall–Kier alpha value is -4.44. The molecule has 158 valence electrons. The van der Waals surface area contributed by atoms with E-state index in [4.69, 9.17) is 0 Å². The number of H-pyrrole nitrogens is 2. The Kier molecular flexibility index (Phi) is 4.88. The molecule has 0 radical (unpaired) electrons. The number of aromatic nitrogens is 4. The molecule has 2 aromatic carbocycles. The minimum atomic E-state index is -0.328. The Bertz CT molecular complexity index is 1490. The van der Waals surface area contributed by atoms with Crippen molar-refractivity contribution < 1.29 is 9.90 Å². The van der Waals surface area contributed by atoms with Crippen molar-refractivity contribution in [2.45, 2.75) is 0 Å². The number of carbonyl (C=O) groups excluding carboxylic acids is 1. The van der Waals surface area contributed by atoms with Gasteiger partial charge in [0.15, 0.2) is 0 Å². The normalized spacial score (nSPS) is 10.9. The average Bonchev–Trinajstić information content (AvgIpc) is 3.42. The van der Waals surface area contributed by atoms with Crippen LogP contribution in [0.3, 0.4) is 0 Å². The maximum Gasteiger partial charge on any atom is 0.268 e. The van der Waals surface area contributed by atoms with Crippen molar-refractivity contribution in [2.75, 3.05) is 10.6 Å². The number of thiophene rings is 1. The number of hydrogen-bond acceptors (Lipinski definition) is 7. The quantitative estimate of drug-likeness (QED) is 0.277. The molecule has 3 heterocycles. The summed E-state index contributed by atoms with van der Waals surface area (Å²) in [6, 6.07) is 16.8. The van der Waals surface area contributed by atoms with Crippen molar-refractivity contribution >= 4 is 45.9 Å². The molecule has 0 unspecified atom stereocenters. The lowest BCUT2D eigenvalue weighted by atomic mass is 10.1. The molecule has 0 aliphatic rings. The number of imidazole rings is 1. The van der Waals surface area contributed by atoms with Crippen LogP contribution in [0.4, 0.5) is 17.6 Å². The van der Waals surface area contributed by atoms with Crippen molar-refractivity contribution in [3.63, 3.8) is 0 Å². The summed E-state index contributed by atoms with van der Waals surface area (Å²) in [5.41, 5.74) is 2.76. The highest BCUT2D eigenvalue weighted by molar-refractivity contribution is 7.12. The maximum absolute atomic E-state index is 12.3. The fourth-order valence-corrected chi connectivity index (χ4v) is 3.81. The van der Waals surface area contributed by atoms with Gasteiger partial charge in [0.2, 0.25) is 11.9 Å². The summed E-state index contributed by atoms with van der Waals surface area (Å²) >= 11 is 1.35. The molecule has 32 heavy (non-hydrogen) atoms. The first-order valence-electron chi connectivity index (χ1n) is 9.56. The molecule has 0 spiro atoms. The average molecular weight is 444 g/mol. The molecule has 0 fully saturated rings. The van der Waals surface area contributed by atoms with Crippen molar-refractivity contribution in [3.05, 3.63) is 81.3 Å². The van der Waals surface area contributed by atoms with Gasteiger partial charge in [0.1, 0.15) is 5.75 Å². The van der Waals surface area contributed by atoms with E-state index >= 15 is 0 Å². The van der Waals surface area contributed by atoms with Gasteiger partial charge in [-0.05, 0) is 35.7 Å². The fraction of sp³-hybridized carbons (Fsp3) is 0. The molecule has 0 saturated carbocycles. The molecule has 5 aromatic rings. The van der Waals surface area contributed by atoms with Crippen molar-refractivity contribution in [2.24, 2.45) is 0 Å². The second-order valence-electron chi connectivity index (χ2n) is 6.90. The Balaban J connectivity index is 1.43. The van der Waals surface area contributed by atoms with Crippen LogP contribution in [0.5, 0.6) is 5.75 Å². The minimum Gasteiger partial charge on any atom is -0.508 e. The summed E-state index contributed by atoms with van der Waals surface area (Å²) in [5.74, 6) is 0.436. The molecule has 5 rings (SSSR count). The predicted octanol–water partition coefficient (Wildman–Crippen LogP) is 4.08. The molecule has 0 saturated heterocycles. The number of carbonyl (C=O) groups is 1. The molecule has 9 nitrogen and oxygen atoms in total. The van der Waals surface area contributed by atoms with E-state index in [0.29, 0.717) is 38.8 Å². The summed E-state index contributed by atoms with van der Waals surface area (Å²) in [6.45, 7) is 0. The molecule has 5 N–H and O–H groups in total. The number of rotatable bonds is 5. The van der Waals surface area contributed by atoms with Crippen LogP contribution in [0.25, 0.3) is 22.3 Å². The Labute approximate surface area is 184 Å². The van der Waals surface area contributed by atoms with Gasteiger partial charge in [0.25, 0.3) is 11.5 Å². The molecule has 10 heteroatoms. The van der Waals surface area contributed by atoms with Gasteiger partial charge >= 0.3 is 0 Å². The van der Waals surface area contributed by atoms with Crippen molar-refractivity contribution in [1.29, 1.82) is 0 Å². The highest BCUT2D eigenvalue weighted by Gasteiger charge is 2.12. The number of hydrogen-bond donors (Lipinski definition) is 5. The van der Waals surface area contributed by atoms with Crippen LogP contribution in [0.15, 0.2) is 70.8 Å². The second kappa shape index (κ2) is 8.00. The van der Waals surface area contributed by atoms with Crippen LogP contribution in [-0.2, 0) is 0 Å². The number of amides is 1. The van der Waals surface area contributed by atoms with Gasteiger partial charge < -0.3 is 15.4 Å². The summed E-state index contributed by atoms with van der Waals surface area (Å²) < 4.78 is 0. The standard InChI is InChI=1S/C22H16N6O3S/c29-14-4-1-3-13(10-14)23-21-25-16(11-19(30)27-21)12-6-7-15-17(9-12)26-22(24-15)28-20(31)18-5-2-8-32-18/h1-11,29H,(H2,23,25,27,30)(H2,24,26,28,31). The van der Waals surface area contributed by atoms with Gasteiger partial charge in [0, 0.05) is 23.4 Å². The van der Waals surface area contributed by atoms with Crippen LogP contribution in [0.2, 0.25) is 0 Å². The van der Waals surface area contributed by atoms with E-state index in [1.807, 2.05) is 17.5 Å². The number of benzene rings is 2. The lowest BCUT2D eigenvalue weighted by Crippen LogP contribution is -2.11. The van der Waals surface area contributed by atoms with E-state index in [2.05, 4.69) is 30.6 Å². The largest absolute Gasteiger partial charge is 0.508 e. The minimum absolute atomic E-state index is 0.0974. The SMILES string of the molecule is O=C(Nc1nc2ccc(-c3cc(=O)[nH]c(Nc4cccc(O)c4)n3)cc2[nH]1)c1cccs1. The van der Waals surface area contributed by atoms with Gasteiger partial charge in [-0.2, -0.15) is 0 Å². The van der Waals surface area contributed by atoms with E-state index in [1.54, 1.807) is 36.4 Å². The number of fused-ring (bicyclic) bond motifs is 1. The van der Waals surface area contributed by atoms with E-state index in [1.165, 1.54) is 23.5 Å².